The van der Waals surface area contributed by atoms with E-state index in [0.29, 0.717) is 27.0 Å². The lowest BCUT2D eigenvalue weighted by Crippen LogP contribution is -2.27. The molecular formula is C19H12FN3O3S. The molecule has 3 heterocycles. The molecule has 134 valence electrons. The highest BCUT2D eigenvalue weighted by Crippen LogP contribution is 2.32. The lowest BCUT2D eigenvalue weighted by atomic mass is 10.1. The molecule has 0 fully saturated rings. The molecule has 0 radical (unpaired) electrons. The van der Waals surface area contributed by atoms with Crippen LogP contribution in [0.15, 0.2) is 58.8 Å². The molecule has 6 nitrogen and oxygen atoms in total. The van der Waals surface area contributed by atoms with Gasteiger partial charge in [0.05, 0.1) is 5.39 Å². The summed E-state index contributed by atoms with van der Waals surface area (Å²) in [4.78, 5) is 33.6. The van der Waals surface area contributed by atoms with Gasteiger partial charge >= 0.3 is 5.97 Å². The minimum atomic E-state index is -1.16. The molecule has 4 rings (SSSR count). The summed E-state index contributed by atoms with van der Waals surface area (Å²) in [6.07, 6.45) is 1.55. The number of aromatic nitrogens is 3. The Bertz CT molecular complexity index is 1200. The monoisotopic (exact) mass is 381 g/mol. The highest BCUT2D eigenvalue weighted by Gasteiger charge is 2.20. The van der Waals surface area contributed by atoms with E-state index in [1.54, 1.807) is 41.9 Å². The molecule has 1 N–H and O–H groups in total. The van der Waals surface area contributed by atoms with Gasteiger partial charge in [-0.25, -0.2) is 9.37 Å². The van der Waals surface area contributed by atoms with Crippen molar-refractivity contribution in [3.05, 3.63) is 70.2 Å². The van der Waals surface area contributed by atoms with Crippen LogP contribution >= 0.6 is 11.3 Å². The van der Waals surface area contributed by atoms with Crippen molar-refractivity contribution in [1.82, 2.24) is 14.5 Å². The van der Waals surface area contributed by atoms with Crippen LogP contribution < -0.4 is 5.56 Å². The predicted molar refractivity (Wildman–Crippen MR) is 100 cm³/mol. The summed E-state index contributed by atoms with van der Waals surface area (Å²) in [6, 6.07) is 10.9. The Morgan fingerprint density at radius 2 is 1.96 bits per heavy atom. The average Bonchev–Trinajstić information content (AvgIpc) is 3.09. The predicted octanol–water partition coefficient (Wildman–Crippen LogP) is 3.41. The van der Waals surface area contributed by atoms with Crippen LogP contribution in [0.3, 0.4) is 0 Å². The van der Waals surface area contributed by atoms with E-state index < -0.39 is 18.1 Å². The topological polar surface area (TPSA) is 85.1 Å². The minimum Gasteiger partial charge on any atom is -0.480 e. The van der Waals surface area contributed by atoms with Gasteiger partial charge in [0.25, 0.3) is 5.56 Å². The number of benzene rings is 1. The third kappa shape index (κ3) is 3.11. The maximum atomic E-state index is 13.2. The van der Waals surface area contributed by atoms with E-state index in [9.17, 15) is 19.1 Å². The Morgan fingerprint density at radius 1 is 1.19 bits per heavy atom. The summed E-state index contributed by atoms with van der Waals surface area (Å²) in [7, 11) is 0. The molecule has 0 saturated carbocycles. The molecule has 3 aromatic heterocycles. The second-order valence-corrected chi connectivity index (χ2v) is 6.63. The van der Waals surface area contributed by atoms with Gasteiger partial charge in [-0.15, -0.1) is 11.3 Å². The van der Waals surface area contributed by atoms with Crippen LogP contribution in [0.5, 0.6) is 0 Å². The van der Waals surface area contributed by atoms with Gasteiger partial charge in [-0.05, 0) is 29.8 Å². The number of pyridine rings is 1. The third-order valence-electron chi connectivity index (χ3n) is 4.04. The quantitative estimate of drug-likeness (QED) is 0.586. The molecule has 4 aromatic rings. The SMILES string of the molecule is O=C(O)Cn1c(-c2ccccn2)nc2scc(-c3ccc(F)cc3)c2c1=O. The number of carboxylic acid groups (broad SMARTS) is 1. The molecule has 0 atom stereocenters. The number of carboxylic acids is 1. The average molecular weight is 381 g/mol. The van der Waals surface area contributed by atoms with Crippen LogP contribution in [-0.2, 0) is 11.3 Å². The summed E-state index contributed by atoms with van der Waals surface area (Å²) in [6.45, 7) is -0.535. The van der Waals surface area contributed by atoms with Crippen molar-refractivity contribution in [2.24, 2.45) is 0 Å². The summed E-state index contributed by atoms with van der Waals surface area (Å²) in [5.74, 6) is -1.34. The summed E-state index contributed by atoms with van der Waals surface area (Å²) >= 11 is 1.27. The maximum absolute atomic E-state index is 13.2. The molecule has 0 unspecified atom stereocenters. The number of fused-ring (bicyclic) bond motifs is 1. The number of thiophene rings is 1. The third-order valence-corrected chi connectivity index (χ3v) is 4.91. The zero-order valence-corrected chi connectivity index (χ0v) is 14.6. The Balaban J connectivity index is 2.01. The van der Waals surface area contributed by atoms with Gasteiger partial charge < -0.3 is 5.11 Å². The standard InChI is InChI=1S/C19H12FN3O3S/c20-12-6-4-11(5-7-12)13-10-27-18-16(13)19(26)23(9-15(24)25)17(22-18)14-3-1-2-8-21-14/h1-8,10H,9H2,(H,24,25). The second-order valence-electron chi connectivity index (χ2n) is 5.77. The van der Waals surface area contributed by atoms with Gasteiger partial charge in [-0.1, -0.05) is 18.2 Å². The van der Waals surface area contributed by atoms with Crippen molar-refractivity contribution in [2.45, 2.75) is 6.54 Å². The van der Waals surface area contributed by atoms with E-state index >= 15 is 0 Å². The normalized spacial score (nSPS) is 11.0. The second kappa shape index (κ2) is 6.73. The number of hydrogen-bond acceptors (Lipinski definition) is 5. The number of carbonyl (C=O) groups is 1. The molecule has 0 amide bonds. The smallest absolute Gasteiger partial charge is 0.323 e. The van der Waals surface area contributed by atoms with E-state index in [1.807, 2.05) is 0 Å². The zero-order chi connectivity index (χ0) is 19.0. The first kappa shape index (κ1) is 17.0. The van der Waals surface area contributed by atoms with Crippen LogP contribution in [0.4, 0.5) is 4.39 Å². The number of nitrogens with zero attached hydrogens (tertiary/aromatic N) is 3. The van der Waals surface area contributed by atoms with E-state index in [2.05, 4.69) is 9.97 Å². The molecule has 0 aliphatic rings. The van der Waals surface area contributed by atoms with E-state index in [1.165, 1.54) is 23.5 Å². The minimum absolute atomic E-state index is 0.197. The first-order chi connectivity index (χ1) is 13.0. The van der Waals surface area contributed by atoms with Crippen molar-refractivity contribution < 1.29 is 14.3 Å². The Labute approximate surface area is 156 Å². The van der Waals surface area contributed by atoms with Gasteiger partial charge in [0, 0.05) is 17.1 Å². The summed E-state index contributed by atoms with van der Waals surface area (Å²) in [5.41, 5.74) is 1.20. The van der Waals surface area contributed by atoms with Crippen molar-refractivity contribution in [2.75, 3.05) is 0 Å². The highest BCUT2D eigenvalue weighted by atomic mass is 32.1. The van der Waals surface area contributed by atoms with E-state index in [4.69, 9.17) is 0 Å². The van der Waals surface area contributed by atoms with Crippen molar-refractivity contribution in [1.29, 1.82) is 0 Å². The summed E-state index contributed by atoms with van der Waals surface area (Å²) < 4.78 is 14.3. The highest BCUT2D eigenvalue weighted by molar-refractivity contribution is 7.17. The fourth-order valence-corrected chi connectivity index (χ4v) is 3.78. The number of halogens is 1. The van der Waals surface area contributed by atoms with Crippen LogP contribution in [0.25, 0.3) is 32.9 Å². The van der Waals surface area contributed by atoms with Gasteiger partial charge in [0.15, 0.2) is 5.82 Å². The first-order valence-corrected chi connectivity index (χ1v) is 8.84. The number of hydrogen-bond donors (Lipinski definition) is 1. The van der Waals surface area contributed by atoms with Crippen LogP contribution in [-0.4, -0.2) is 25.6 Å². The molecule has 0 spiro atoms. The molecule has 0 saturated heterocycles. The maximum Gasteiger partial charge on any atom is 0.323 e. The molecular weight excluding hydrogens is 369 g/mol. The zero-order valence-electron chi connectivity index (χ0n) is 13.8. The van der Waals surface area contributed by atoms with Crippen molar-refractivity contribution in [3.8, 4) is 22.6 Å². The molecule has 27 heavy (non-hydrogen) atoms. The molecule has 0 aliphatic heterocycles. The van der Waals surface area contributed by atoms with Gasteiger partial charge in [0.1, 0.15) is 22.9 Å². The van der Waals surface area contributed by atoms with Crippen LogP contribution in [0.1, 0.15) is 0 Å². The molecule has 1 aromatic carbocycles. The van der Waals surface area contributed by atoms with Gasteiger partial charge in [0.2, 0.25) is 0 Å². The first-order valence-electron chi connectivity index (χ1n) is 7.96. The Hall–Kier alpha value is -3.39. The van der Waals surface area contributed by atoms with Gasteiger partial charge in [-0.3, -0.25) is 19.1 Å². The van der Waals surface area contributed by atoms with Crippen molar-refractivity contribution >= 4 is 27.5 Å². The lowest BCUT2D eigenvalue weighted by Gasteiger charge is -2.10. The largest absolute Gasteiger partial charge is 0.480 e. The Morgan fingerprint density at radius 3 is 2.63 bits per heavy atom. The molecule has 0 aliphatic carbocycles. The number of rotatable bonds is 4. The molecule has 8 heteroatoms. The lowest BCUT2D eigenvalue weighted by molar-refractivity contribution is -0.137. The van der Waals surface area contributed by atoms with Crippen LogP contribution in [0, 0.1) is 5.82 Å². The van der Waals surface area contributed by atoms with Crippen molar-refractivity contribution in [3.63, 3.8) is 0 Å². The molecule has 0 bridgehead atoms. The van der Waals surface area contributed by atoms with E-state index in [-0.39, 0.29) is 11.6 Å². The Kier molecular flexibility index (Phi) is 4.25. The fourth-order valence-electron chi connectivity index (χ4n) is 2.84. The van der Waals surface area contributed by atoms with E-state index in [0.717, 1.165) is 4.57 Å². The van der Waals surface area contributed by atoms with Crippen LogP contribution in [0.2, 0.25) is 0 Å². The fraction of sp³-hybridized carbons (Fsp3) is 0.0526. The van der Waals surface area contributed by atoms with Gasteiger partial charge in [-0.2, -0.15) is 0 Å². The number of aliphatic carboxylic acids is 1. The summed E-state index contributed by atoms with van der Waals surface area (Å²) in [5, 5.41) is 11.3.